The molecule has 1 aromatic rings. The fourth-order valence-electron chi connectivity index (χ4n) is 1.76. The van der Waals surface area contributed by atoms with Gasteiger partial charge in [-0.15, -0.1) is 0 Å². The molecule has 1 rings (SSSR count). The standard InChI is InChI=1S/C14H22N2O2S/c1-14(18,10-19-3)9-16-8-11-4-6-12(7-5-11)13(17)15-2/h4-7,16,18H,8-10H2,1-3H3,(H,15,17). The van der Waals surface area contributed by atoms with Crippen LogP contribution in [0, 0.1) is 0 Å². The van der Waals surface area contributed by atoms with Gasteiger partial charge in [-0.05, 0) is 30.9 Å². The van der Waals surface area contributed by atoms with Gasteiger partial charge in [0.2, 0.25) is 0 Å². The molecular formula is C14H22N2O2S. The van der Waals surface area contributed by atoms with Gasteiger partial charge < -0.3 is 15.7 Å². The highest BCUT2D eigenvalue weighted by atomic mass is 32.2. The first-order valence-electron chi connectivity index (χ1n) is 6.21. The molecule has 1 aromatic carbocycles. The quantitative estimate of drug-likeness (QED) is 0.704. The van der Waals surface area contributed by atoms with Crippen LogP contribution in [0.25, 0.3) is 0 Å². The molecule has 0 spiro atoms. The average Bonchev–Trinajstić information content (AvgIpc) is 2.38. The summed E-state index contributed by atoms with van der Waals surface area (Å²) in [6.07, 6.45) is 1.98. The van der Waals surface area contributed by atoms with Crippen LogP contribution in [0.5, 0.6) is 0 Å². The monoisotopic (exact) mass is 282 g/mol. The number of rotatable bonds is 7. The smallest absolute Gasteiger partial charge is 0.251 e. The zero-order valence-corrected chi connectivity index (χ0v) is 12.5. The second-order valence-corrected chi connectivity index (χ2v) is 5.68. The predicted molar refractivity (Wildman–Crippen MR) is 80.5 cm³/mol. The summed E-state index contributed by atoms with van der Waals surface area (Å²) in [5, 5.41) is 15.8. The van der Waals surface area contributed by atoms with Crippen LogP contribution in [-0.2, 0) is 6.54 Å². The van der Waals surface area contributed by atoms with Gasteiger partial charge in [-0.25, -0.2) is 0 Å². The minimum atomic E-state index is -0.693. The van der Waals surface area contributed by atoms with Crippen molar-refractivity contribution < 1.29 is 9.90 Å². The Bertz CT molecular complexity index is 404. The van der Waals surface area contributed by atoms with Crippen LogP contribution >= 0.6 is 11.8 Å². The van der Waals surface area contributed by atoms with Crippen molar-refractivity contribution in [1.82, 2.24) is 10.6 Å². The third-order valence-corrected chi connectivity index (χ3v) is 3.64. The Hall–Kier alpha value is -1.04. The van der Waals surface area contributed by atoms with Crippen molar-refractivity contribution in [3.05, 3.63) is 35.4 Å². The van der Waals surface area contributed by atoms with E-state index in [9.17, 15) is 9.90 Å². The maximum Gasteiger partial charge on any atom is 0.251 e. The van der Waals surface area contributed by atoms with Gasteiger partial charge in [-0.3, -0.25) is 4.79 Å². The summed E-state index contributed by atoms with van der Waals surface area (Å²) in [7, 11) is 1.62. The first kappa shape index (κ1) is 16.0. The van der Waals surface area contributed by atoms with Crippen LogP contribution in [0.3, 0.4) is 0 Å². The lowest BCUT2D eigenvalue weighted by Crippen LogP contribution is -2.39. The number of carbonyl (C=O) groups excluding carboxylic acids is 1. The van der Waals surface area contributed by atoms with E-state index in [0.29, 0.717) is 24.4 Å². The van der Waals surface area contributed by atoms with Crippen LogP contribution in [0.2, 0.25) is 0 Å². The molecule has 0 bridgehead atoms. The first-order chi connectivity index (χ1) is 8.98. The van der Waals surface area contributed by atoms with Crippen LogP contribution in [0.1, 0.15) is 22.8 Å². The summed E-state index contributed by atoms with van der Waals surface area (Å²) in [4.78, 5) is 11.4. The molecule has 0 aliphatic heterocycles. The molecule has 0 aliphatic rings. The number of carbonyl (C=O) groups is 1. The maximum absolute atomic E-state index is 11.4. The lowest BCUT2D eigenvalue weighted by Gasteiger charge is -2.22. The molecule has 3 N–H and O–H groups in total. The summed E-state index contributed by atoms with van der Waals surface area (Å²) in [5.41, 5.74) is 1.05. The highest BCUT2D eigenvalue weighted by Gasteiger charge is 2.18. The van der Waals surface area contributed by atoms with Crippen LogP contribution in [-0.4, -0.2) is 42.2 Å². The summed E-state index contributed by atoms with van der Waals surface area (Å²) >= 11 is 1.63. The minimum Gasteiger partial charge on any atom is -0.388 e. The summed E-state index contributed by atoms with van der Waals surface area (Å²) in [6.45, 7) is 3.05. The Kier molecular flexibility index (Phi) is 6.34. The molecule has 5 heteroatoms. The number of hydrogen-bond acceptors (Lipinski definition) is 4. The molecule has 0 saturated carbocycles. The van der Waals surface area contributed by atoms with Crippen LogP contribution < -0.4 is 10.6 Å². The van der Waals surface area contributed by atoms with Crippen molar-refractivity contribution in [1.29, 1.82) is 0 Å². The van der Waals surface area contributed by atoms with E-state index >= 15 is 0 Å². The molecule has 19 heavy (non-hydrogen) atoms. The van der Waals surface area contributed by atoms with Crippen molar-refractivity contribution in [3.63, 3.8) is 0 Å². The SMILES string of the molecule is CNC(=O)c1ccc(CNCC(C)(O)CSC)cc1. The minimum absolute atomic E-state index is 0.0811. The molecule has 0 fully saturated rings. The Morgan fingerprint density at radius 2 is 2.00 bits per heavy atom. The lowest BCUT2D eigenvalue weighted by atomic mass is 10.1. The van der Waals surface area contributed by atoms with E-state index in [4.69, 9.17) is 0 Å². The van der Waals surface area contributed by atoms with Gasteiger partial charge in [0.25, 0.3) is 5.91 Å². The summed E-state index contributed by atoms with van der Waals surface area (Å²) in [6, 6.07) is 7.44. The molecule has 1 unspecified atom stereocenters. The number of nitrogens with one attached hydrogen (secondary N) is 2. The van der Waals surface area contributed by atoms with Crippen molar-refractivity contribution in [3.8, 4) is 0 Å². The van der Waals surface area contributed by atoms with Crippen molar-refractivity contribution in [2.75, 3.05) is 25.6 Å². The fourth-order valence-corrected chi connectivity index (χ4v) is 2.48. The summed E-state index contributed by atoms with van der Waals surface area (Å²) in [5.74, 6) is 0.623. The van der Waals surface area contributed by atoms with E-state index in [1.165, 1.54) is 0 Å². The zero-order valence-electron chi connectivity index (χ0n) is 11.7. The van der Waals surface area contributed by atoms with Crippen LogP contribution in [0.15, 0.2) is 24.3 Å². The Morgan fingerprint density at radius 1 is 1.37 bits per heavy atom. The third kappa shape index (κ3) is 5.63. The predicted octanol–water partition coefficient (Wildman–Crippen LogP) is 1.25. The molecular weight excluding hydrogens is 260 g/mol. The first-order valence-corrected chi connectivity index (χ1v) is 7.61. The van der Waals surface area contributed by atoms with Gasteiger partial charge in [0.1, 0.15) is 0 Å². The van der Waals surface area contributed by atoms with E-state index in [1.807, 2.05) is 25.3 Å². The topological polar surface area (TPSA) is 61.4 Å². The van der Waals surface area contributed by atoms with Crippen molar-refractivity contribution >= 4 is 17.7 Å². The van der Waals surface area contributed by atoms with Crippen molar-refractivity contribution in [2.45, 2.75) is 19.1 Å². The lowest BCUT2D eigenvalue weighted by molar-refractivity contribution is 0.0845. The average molecular weight is 282 g/mol. The van der Waals surface area contributed by atoms with Crippen molar-refractivity contribution in [2.24, 2.45) is 0 Å². The van der Waals surface area contributed by atoms with E-state index in [2.05, 4.69) is 10.6 Å². The highest BCUT2D eigenvalue weighted by molar-refractivity contribution is 7.98. The van der Waals surface area contributed by atoms with Gasteiger partial charge in [0, 0.05) is 31.5 Å². The number of benzene rings is 1. The molecule has 4 nitrogen and oxygen atoms in total. The van der Waals surface area contributed by atoms with Gasteiger partial charge in [-0.1, -0.05) is 12.1 Å². The normalized spacial score (nSPS) is 13.9. The molecule has 0 saturated heterocycles. The van der Waals surface area contributed by atoms with E-state index in [1.54, 1.807) is 30.9 Å². The van der Waals surface area contributed by atoms with E-state index in [0.717, 1.165) is 5.56 Å². The molecule has 0 radical (unpaired) electrons. The second-order valence-electron chi connectivity index (χ2n) is 4.81. The zero-order chi connectivity index (χ0) is 14.3. The van der Waals surface area contributed by atoms with Crippen LogP contribution in [0.4, 0.5) is 0 Å². The van der Waals surface area contributed by atoms with Gasteiger partial charge in [0.15, 0.2) is 0 Å². The summed E-state index contributed by atoms with van der Waals surface area (Å²) < 4.78 is 0. The highest BCUT2D eigenvalue weighted by Crippen LogP contribution is 2.10. The Morgan fingerprint density at radius 3 is 2.53 bits per heavy atom. The molecule has 0 aromatic heterocycles. The van der Waals surface area contributed by atoms with Gasteiger partial charge >= 0.3 is 0 Å². The van der Waals surface area contributed by atoms with Gasteiger partial charge in [0.05, 0.1) is 5.60 Å². The van der Waals surface area contributed by atoms with E-state index in [-0.39, 0.29) is 5.91 Å². The van der Waals surface area contributed by atoms with E-state index < -0.39 is 5.60 Å². The number of aliphatic hydroxyl groups is 1. The molecule has 1 atom stereocenters. The maximum atomic E-state index is 11.4. The number of thioether (sulfide) groups is 1. The second kappa shape index (κ2) is 7.53. The molecule has 1 amide bonds. The third-order valence-electron chi connectivity index (χ3n) is 2.73. The molecule has 0 heterocycles. The molecule has 0 aliphatic carbocycles. The molecule has 106 valence electrons. The Labute approximate surface area is 119 Å². The largest absolute Gasteiger partial charge is 0.388 e. The Balaban J connectivity index is 2.44. The fraction of sp³-hybridized carbons (Fsp3) is 0.500. The number of amides is 1. The number of hydrogen-bond donors (Lipinski definition) is 3. The van der Waals surface area contributed by atoms with Gasteiger partial charge in [-0.2, -0.15) is 11.8 Å².